The number of hydrogen-bond acceptors (Lipinski definition) is 2. The SMILES string of the molecule is CCCCN(CCCC)Cc1ccc(N)c(F)c1. The van der Waals surface area contributed by atoms with E-state index < -0.39 is 0 Å². The lowest BCUT2D eigenvalue weighted by atomic mass is 10.1. The van der Waals surface area contributed by atoms with E-state index in [1.165, 1.54) is 25.7 Å². The number of rotatable bonds is 8. The molecule has 2 N–H and O–H groups in total. The average molecular weight is 252 g/mol. The number of nitrogens with two attached hydrogens (primary N) is 1. The fourth-order valence-electron chi connectivity index (χ4n) is 1.96. The molecule has 2 nitrogen and oxygen atoms in total. The van der Waals surface area contributed by atoms with E-state index in [0.29, 0.717) is 0 Å². The molecule has 0 aliphatic carbocycles. The minimum atomic E-state index is -0.307. The monoisotopic (exact) mass is 252 g/mol. The number of anilines is 1. The van der Waals surface area contributed by atoms with Crippen LogP contribution in [0.25, 0.3) is 0 Å². The Morgan fingerprint density at radius 2 is 1.72 bits per heavy atom. The molecule has 0 aliphatic heterocycles. The van der Waals surface area contributed by atoms with E-state index in [-0.39, 0.29) is 11.5 Å². The average Bonchev–Trinajstić information content (AvgIpc) is 2.37. The van der Waals surface area contributed by atoms with Crippen molar-refractivity contribution in [2.45, 2.75) is 46.1 Å². The zero-order valence-electron chi connectivity index (χ0n) is 11.6. The largest absolute Gasteiger partial charge is 0.396 e. The lowest BCUT2D eigenvalue weighted by molar-refractivity contribution is 0.257. The summed E-state index contributed by atoms with van der Waals surface area (Å²) in [5, 5.41) is 0. The van der Waals surface area contributed by atoms with Crippen molar-refractivity contribution in [3.8, 4) is 0 Å². The number of nitrogen functional groups attached to an aromatic ring is 1. The Kier molecular flexibility index (Phi) is 6.73. The van der Waals surface area contributed by atoms with Crippen molar-refractivity contribution < 1.29 is 4.39 Å². The first-order valence-electron chi connectivity index (χ1n) is 6.93. The number of hydrogen-bond donors (Lipinski definition) is 1. The third-order valence-corrected chi connectivity index (χ3v) is 3.13. The van der Waals surface area contributed by atoms with Crippen LogP contribution in [-0.4, -0.2) is 18.0 Å². The first kappa shape index (κ1) is 15.0. The summed E-state index contributed by atoms with van der Waals surface area (Å²) in [6.45, 7) is 7.38. The highest BCUT2D eigenvalue weighted by Gasteiger charge is 2.07. The number of nitrogens with zero attached hydrogens (tertiary/aromatic N) is 1. The zero-order valence-corrected chi connectivity index (χ0v) is 11.6. The minimum Gasteiger partial charge on any atom is -0.396 e. The van der Waals surface area contributed by atoms with Gasteiger partial charge in [-0.25, -0.2) is 4.39 Å². The summed E-state index contributed by atoms with van der Waals surface area (Å²) in [6.07, 6.45) is 4.78. The van der Waals surface area contributed by atoms with E-state index >= 15 is 0 Å². The van der Waals surface area contributed by atoms with Crippen molar-refractivity contribution in [1.82, 2.24) is 4.90 Å². The van der Waals surface area contributed by atoms with Crippen LogP contribution in [0.1, 0.15) is 45.1 Å². The number of halogens is 1. The lowest BCUT2D eigenvalue weighted by Crippen LogP contribution is -2.25. The van der Waals surface area contributed by atoms with Crippen LogP contribution in [0, 0.1) is 5.82 Å². The smallest absolute Gasteiger partial charge is 0.146 e. The highest BCUT2D eigenvalue weighted by Crippen LogP contribution is 2.14. The molecule has 3 heteroatoms. The summed E-state index contributed by atoms with van der Waals surface area (Å²) in [7, 11) is 0. The molecule has 0 saturated carbocycles. The molecule has 0 spiro atoms. The van der Waals surface area contributed by atoms with Gasteiger partial charge in [-0.05, 0) is 43.6 Å². The van der Waals surface area contributed by atoms with Gasteiger partial charge in [0.1, 0.15) is 5.82 Å². The zero-order chi connectivity index (χ0) is 13.4. The maximum absolute atomic E-state index is 13.4. The molecule has 1 aromatic rings. The molecule has 0 saturated heterocycles. The Morgan fingerprint density at radius 1 is 1.11 bits per heavy atom. The van der Waals surface area contributed by atoms with Gasteiger partial charge in [-0.3, -0.25) is 4.90 Å². The van der Waals surface area contributed by atoms with Crippen LogP contribution in [-0.2, 0) is 6.54 Å². The number of benzene rings is 1. The van der Waals surface area contributed by atoms with Crippen LogP contribution in [0.15, 0.2) is 18.2 Å². The van der Waals surface area contributed by atoms with Gasteiger partial charge in [0, 0.05) is 6.54 Å². The standard InChI is InChI=1S/C15H25FN2/c1-3-5-9-18(10-6-4-2)12-13-7-8-15(17)14(16)11-13/h7-8,11H,3-6,9-10,12,17H2,1-2H3. The molecule has 0 fully saturated rings. The van der Waals surface area contributed by atoms with Gasteiger partial charge in [0.15, 0.2) is 0 Å². The molecule has 0 heterocycles. The van der Waals surface area contributed by atoms with E-state index in [1.54, 1.807) is 12.1 Å². The van der Waals surface area contributed by atoms with E-state index in [0.717, 1.165) is 25.2 Å². The summed E-state index contributed by atoms with van der Waals surface area (Å²) >= 11 is 0. The van der Waals surface area contributed by atoms with Gasteiger partial charge >= 0.3 is 0 Å². The molecule has 102 valence electrons. The molecular weight excluding hydrogens is 227 g/mol. The van der Waals surface area contributed by atoms with Gasteiger partial charge in [0.25, 0.3) is 0 Å². The Bertz CT molecular complexity index is 344. The van der Waals surface area contributed by atoms with Crippen molar-refractivity contribution in [2.75, 3.05) is 18.8 Å². The van der Waals surface area contributed by atoms with Crippen LogP contribution >= 0.6 is 0 Å². The molecular formula is C15H25FN2. The first-order chi connectivity index (χ1) is 8.67. The molecule has 0 aromatic heterocycles. The maximum Gasteiger partial charge on any atom is 0.146 e. The molecule has 1 aromatic carbocycles. The quantitative estimate of drug-likeness (QED) is 0.713. The molecule has 0 bridgehead atoms. The first-order valence-corrected chi connectivity index (χ1v) is 6.93. The Morgan fingerprint density at radius 3 is 2.22 bits per heavy atom. The van der Waals surface area contributed by atoms with Crippen LogP contribution in [0.3, 0.4) is 0 Å². The van der Waals surface area contributed by atoms with Crippen molar-refractivity contribution in [1.29, 1.82) is 0 Å². The molecule has 0 amide bonds. The summed E-state index contributed by atoms with van der Waals surface area (Å²) in [5.74, 6) is -0.307. The molecule has 0 atom stereocenters. The predicted molar refractivity (Wildman–Crippen MR) is 75.9 cm³/mol. The second-order valence-corrected chi connectivity index (χ2v) is 4.84. The summed E-state index contributed by atoms with van der Waals surface area (Å²) in [4.78, 5) is 2.40. The van der Waals surface area contributed by atoms with Gasteiger partial charge < -0.3 is 5.73 Å². The van der Waals surface area contributed by atoms with Crippen molar-refractivity contribution >= 4 is 5.69 Å². The van der Waals surface area contributed by atoms with Gasteiger partial charge in [0.05, 0.1) is 5.69 Å². The Hall–Kier alpha value is -1.09. The highest BCUT2D eigenvalue weighted by atomic mass is 19.1. The molecule has 18 heavy (non-hydrogen) atoms. The topological polar surface area (TPSA) is 29.3 Å². The normalized spacial score (nSPS) is 11.1. The minimum absolute atomic E-state index is 0.229. The van der Waals surface area contributed by atoms with Crippen LogP contribution < -0.4 is 5.73 Å². The molecule has 1 rings (SSSR count). The second kappa shape index (κ2) is 8.09. The van der Waals surface area contributed by atoms with E-state index in [1.807, 2.05) is 6.07 Å². The molecule has 0 unspecified atom stereocenters. The highest BCUT2D eigenvalue weighted by molar-refractivity contribution is 5.41. The summed E-state index contributed by atoms with van der Waals surface area (Å²) in [5.41, 5.74) is 6.73. The van der Waals surface area contributed by atoms with Gasteiger partial charge in [-0.15, -0.1) is 0 Å². The van der Waals surface area contributed by atoms with E-state index in [9.17, 15) is 4.39 Å². The van der Waals surface area contributed by atoms with Crippen molar-refractivity contribution in [3.63, 3.8) is 0 Å². The van der Waals surface area contributed by atoms with Gasteiger partial charge in [-0.2, -0.15) is 0 Å². The third-order valence-electron chi connectivity index (χ3n) is 3.13. The summed E-state index contributed by atoms with van der Waals surface area (Å²) < 4.78 is 13.4. The fourth-order valence-corrected chi connectivity index (χ4v) is 1.96. The molecule has 0 aliphatic rings. The second-order valence-electron chi connectivity index (χ2n) is 4.84. The number of unbranched alkanes of at least 4 members (excludes halogenated alkanes) is 2. The Labute approximate surface area is 110 Å². The molecule has 0 radical (unpaired) electrons. The van der Waals surface area contributed by atoms with E-state index in [4.69, 9.17) is 5.73 Å². The van der Waals surface area contributed by atoms with Crippen molar-refractivity contribution in [3.05, 3.63) is 29.6 Å². The van der Waals surface area contributed by atoms with Crippen molar-refractivity contribution in [2.24, 2.45) is 0 Å². The Balaban J connectivity index is 2.59. The van der Waals surface area contributed by atoms with Gasteiger partial charge in [0.2, 0.25) is 0 Å². The summed E-state index contributed by atoms with van der Waals surface area (Å²) in [6, 6.07) is 5.13. The van der Waals surface area contributed by atoms with Crippen LogP contribution in [0.2, 0.25) is 0 Å². The van der Waals surface area contributed by atoms with E-state index in [2.05, 4.69) is 18.7 Å². The predicted octanol–water partition coefficient (Wildman–Crippen LogP) is 3.81. The maximum atomic E-state index is 13.4. The van der Waals surface area contributed by atoms with Crippen LogP contribution in [0.4, 0.5) is 10.1 Å². The van der Waals surface area contributed by atoms with Gasteiger partial charge in [-0.1, -0.05) is 32.8 Å². The third kappa shape index (κ3) is 5.05. The fraction of sp³-hybridized carbons (Fsp3) is 0.600. The van der Waals surface area contributed by atoms with Crippen LogP contribution in [0.5, 0.6) is 0 Å². The lowest BCUT2D eigenvalue weighted by Gasteiger charge is -2.22.